The van der Waals surface area contributed by atoms with Crippen LogP contribution in [0.4, 0.5) is 0 Å². The summed E-state index contributed by atoms with van der Waals surface area (Å²) in [4.78, 5) is 24.5. The van der Waals surface area contributed by atoms with Crippen LogP contribution in [0.3, 0.4) is 0 Å². The van der Waals surface area contributed by atoms with Gasteiger partial charge in [0.25, 0.3) is 5.91 Å². The molecule has 6 heteroatoms. The van der Waals surface area contributed by atoms with Crippen molar-refractivity contribution in [3.63, 3.8) is 0 Å². The number of hydrogen-bond acceptors (Lipinski definition) is 4. The van der Waals surface area contributed by atoms with Gasteiger partial charge in [-0.1, -0.05) is 19.3 Å². The van der Waals surface area contributed by atoms with Crippen molar-refractivity contribution in [1.29, 1.82) is 0 Å². The van der Waals surface area contributed by atoms with Crippen molar-refractivity contribution in [2.75, 3.05) is 6.61 Å². The molecule has 0 unspecified atom stereocenters. The van der Waals surface area contributed by atoms with Crippen molar-refractivity contribution in [3.05, 3.63) is 18.0 Å². The first-order valence-electron chi connectivity index (χ1n) is 7.06. The topological polar surface area (TPSA) is 73.2 Å². The molecule has 1 N–H and O–H groups in total. The van der Waals surface area contributed by atoms with Crippen LogP contribution in [0.1, 0.15) is 49.4 Å². The van der Waals surface area contributed by atoms with Crippen LogP contribution in [0, 0.1) is 0 Å². The Kier molecular flexibility index (Phi) is 4.42. The van der Waals surface area contributed by atoms with Crippen molar-refractivity contribution >= 4 is 11.9 Å². The number of amides is 1. The Morgan fingerprint density at radius 1 is 1.40 bits per heavy atom. The summed E-state index contributed by atoms with van der Waals surface area (Å²) in [6.45, 7) is 2.10. The zero-order valence-electron chi connectivity index (χ0n) is 12.0. The van der Waals surface area contributed by atoms with Gasteiger partial charge < -0.3 is 10.1 Å². The maximum absolute atomic E-state index is 12.3. The van der Waals surface area contributed by atoms with E-state index in [1.54, 1.807) is 24.9 Å². The molecular formula is C14H21N3O3. The number of hydrogen-bond donors (Lipinski definition) is 1. The van der Waals surface area contributed by atoms with Crippen LogP contribution >= 0.6 is 0 Å². The van der Waals surface area contributed by atoms with Gasteiger partial charge in [-0.15, -0.1) is 0 Å². The van der Waals surface area contributed by atoms with Gasteiger partial charge in [0.15, 0.2) is 0 Å². The van der Waals surface area contributed by atoms with Crippen molar-refractivity contribution in [2.24, 2.45) is 7.05 Å². The predicted molar refractivity (Wildman–Crippen MR) is 73.1 cm³/mol. The quantitative estimate of drug-likeness (QED) is 0.846. The average molecular weight is 279 g/mol. The number of nitrogens with one attached hydrogen (secondary N) is 1. The Morgan fingerprint density at radius 2 is 2.10 bits per heavy atom. The summed E-state index contributed by atoms with van der Waals surface area (Å²) in [5.41, 5.74) is -0.414. The number of esters is 1. The normalized spacial score (nSPS) is 17.5. The maximum Gasteiger partial charge on any atom is 0.331 e. The lowest BCUT2D eigenvalue weighted by molar-refractivity contribution is -0.152. The molecule has 0 atom stereocenters. The van der Waals surface area contributed by atoms with Crippen LogP contribution in [0.25, 0.3) is 0 Å². The molecule has 1 aromatic heterocycles. The largest absolute Gasteiger partial charge is 0.464 e. The van der Waals surface area contributed by atoms with Crippen LogP contribution in [-0.4, -0.2) is 33.8 Å². The molecule has 110 valence electrons. The lowest BCUT2D eigenvalue weighted by atomic mass is 9.81. The molecule has 0 radical (unpaired) electrons. The van der Waals surface area contributed by atoms with Gasteiger partial charge in [-0.2, -0.15) is 5.10 Å². The van der Waals surface area contributed by atoms with Crippen LogP contribution in [0.5, 0.6) is 0 Å². The van der Waals surface area contributed by atoms with E-state index in [0.717, 1.165) is 19.3 Å². The second-order valence-electron chi connectivity index (χ2n) is 5.22. The molecular weight excluding hydrogens is 258 g/mol. The van der Waals surface area contributed by atoms with E-state index in [4.69, 9.17) is 4.74 Å². The Labute approximate surface area is 118 Å². The highest BCUT2D eigenvalue weighted by molar-refractivity contribution is 5.97. The summed E-state index contributed by atoms with van der Waals surface area (Å²) in [5.74, 6) is -0.593. The van der Waals surface area contributed by atoms with Crippen molar-refractivity contribution < 1.29 is 14.3 Å². The monoisotopic (exact) mass is 279 g/mol. The van der Waals surface area contributed by atoms with E-state index in [1.807, 2.05) is 0 Å². The minimum atomic E-state index is -0.874. The summed E-state index contributed by atoms with van der Waals surface area (Å²) in [6, 6.07) is 0. The van der Waals surface area contributed by atoms with E-state index in [2.05, 4.69) is 10.4 Å². The van der Waals surface area contributed by atoms with Gasteiger partial charge >= 0.3 is 5.97 Å². The number of carbonyl (C=O) groups excluding carboxylic acids is 2. The molecule has 1 heterocycles. The lowest BCUT2D eigenvalue weighted by Gasteiger charge is -2.35. The second kappa shape index (κ2) is 6.07. The number of ether oxygens (including phenoxy) is 1. The predicted octanol–water partition coefficient (Wildman–Crippen LogP) is 1.42. The molecule has 1 aliphatic rings. The average Bonchev–Trinajstić information content (AvgIpc) is 2.87. The van der Waals surface area contributed by atoms with Gasteiger partial charge in [-0.25, -0.2) is 4.79 Å². The number of rotatable bonds is 4. The fraction of sp³-hybridized carbons (Fsp3) is 0.643. The number of aromatic nitrogens is 2. The van der Waals surface area contributed by atoms with E-state index >= 15 is 0 Å². The molecule has 1 amide bonds. The van der Waals surface area contributed by atoms with E-state index in [9.17, 15) is 9.59 Å². The Balaban J connectivity index is 2.15. The smallest absolute Gasteiger partial charge is 0.331 e. The highest BCUT2D eigenvalue weighted by atomic mass is 16.5. The molecule has 6 nitrogen and oxygen atoms in total. The minimum absolute atomic E-state index is 0.270. The molecule has 1 fully saturated rings. The molecule has 1 aliphatic carbocycles. The van der Waals surface area contributed by atoms with Crippen LogP contribution in [-0.2, 0) is 16.6 Å². The summed E-state index contributed by atoms with van der Waals surface area (Å²) >= 11 is 0. The summed E-state index contributed by atoms with van der Waals surface area (Å²) in [6.07, 6.45) is 7.34. The van der Waals surface area contributed by atoms with Crippen LogP contribution in [0.2, 0.25) is 0 Å². The molecule has 2 rings (SSSR count). The first-order valence-corrected chi connectivity index (χ1v) is 7.06. The van der Waals surface area contributed by atoms with E-state index in [-0.39, 0.29) is 11.9 Å². The highest BCUT2D eigenvalue weighted by Crippen LogP contribution is 2.29. The third-order valence-corrected chi connectivity index (χ3v) is 3.69. The third-order valence-electron chi connectivity index (χ3n) is 3.69. The van der Waals surface area contributed by atoms with Crippen molar-refractivity contribution in [1.82, 2.24) is 15.1 Å². The standard InChI is InChI=1S/C14H21N3O3/c1-3-20-13(19)14(7-5-4-6-8-14)16-12(18)11-9-15-17(2)10-11/h9-10H,3-8H2,1-2H3,(H,16,18). The Morgan fingerprint density at radius 3 is 2.65 bits per heavy atom. The van der Waals surface area contributed by atoms with Crippen LogP contribution in [0.15, 0.2) is 12.4 Å². The molecule has 1 aromatic rings. The fourth-order valence-corrected chi connectivity index (χ4v) is 2.63. The summed E-state index contributed by atoms with van der Waals surface area (Å²) < 4.78 is 6.71. The van der Waals surface area contributed by atoms with Gasteiger partial charge in [0.2, 0.25) is 0 Å². The molecule has 0 aliphatic heterocycles. The van der Waals surface area contributed by atoms with E-state index < -0.39 is 5.54 Å². The molecule has 20 heavy (non-hydrogen) atoms. The SMILES string of the molecule is CCOC(=O)C1(NC(=O)c2cnn(C)c2)CCCCC1. The summed E-state index contributed by atoms with van der Waals surface area (Å²) in [7, 11) is 1.75. The van der Waals surface area contributed by atoms with E-state index in [0.29, 0.717) is 25.0 Å². The lowest BCUT2D eigenvalue weighted by Crippen LogP contribution is -2.56. The van der Waals surface area contributed by atoms with Gasteiger partial charge in [0, 0.05) is 13.2 Å². The number of nitrogens with zero attached hydrogens (tertiary/aromatic N) is 2. The highest BCUT2D eigenvalue weighted by Gasteiger charge is 2.42. The van der Waals surface area contributed by atoms with Crippen molar-refractivity contribution in [2.45, 2.75) is 44.6 Å². The molecule has 0 spiro atoms. The summed E-state index contributed by atoms with van der Waals surface area (Å²) in [5, 5.41) is 6.85. The maximum atomic E-state index is 12.3. The van der Waals surface area contributed by atoms with Gasteiger partial charge in [0.1, 0.15) is 5.54 Å². The minimum Gasteiger partial charge on any atom is -0.464 e. The first kappa shape index (κ1) is 14.6. The fourth-order valence-electron chi connectivity index (χ4n) is 2.63. The van der Waals surface area contributed by atoms with Crippen LogP contribution < -0.4 is 5.32 Å². The second-order valence-corrected chi connectivity index (χ2v) is 5.22. The Bertz CT molecular complexity index is 490. The van der Waals surface area contributed by atoms with Gasteiger partial charge in [-0.05, 0) is 19.8 Å². The van der Waals surface area contributed by atoms with Crippen molar-refractivity contribution in [3.8, 4) is 0 Å². The van der Waals surface area contributed by atoms with E-state index in [1.165, 1.54) is 6.20 Å². The third kappa shape index (κ3) is 3.00. The molecule has 0 aromatic carbocycles. The first-order chi connectivity index (χ1) is 9.57. The molecule has 0 bridgehead atoms. The molecule has 0 saturated heterocycles. The zero-order chi connectivity index (χ0) is 14.6. The number of aryl methyl sites for hydroxylation is 1. The Hall–Kier alpha value is -1.85. The van der Waals surface area contributed by atoms with Gasteiger partial charge in [0.05, 0.1) is 18.4 Å². The molecule has 1 saturated carbocycles. The number of carbonyl (C=O) groups is 2. The van der Waals surface area contributed by atoms with Gasteiger partial charge in [-0.3, -0.25) is 9.48 Å². The zero-order valence-corrected chi connectivity index (χ0v) is 12.0.